The molecule has 0 bridgehead atoms. The Labute approximate surface area is 183 Å². The minimum atomic E-state index is -4.36. The summed E-state index contributed by atoms with van der Waals surface area (Å²) in [6, 6.07) is 3.12. The van der Waals surface area contributed by atoms with E-state index < -0.39 is 24.4 Å². The monoisotopic (exact) mass is 459 g/mol. The zero-order chi connectivity index (χ0) is 22.8. The van der Waals surface area contributed by atoms with Gasteiger partial charge in [0.2, 0.25) is 0 Å². The summed E-state index contributed by atoms with van der Waals surface area (Å²) < 4.78 is 44.0. The summed E-state index contributed by atoms with van der Waals surface area (Å²) in [5, 5.41) is 10.5. The van der Waals surface area contributed by atoms with Crippen molar-refractivity contribution < 1.29 is 22.7 Å². The van der Waals surface area contributed by atoms with Crippen LogP contribution in [0.1, 0.15) is 40.0 Å². The SMILES string of the molecule is CC(C)(C)OC(=O)N[C@@H]1CC[C@@H](Nc2cc(Cl)ncc2-c2ccn(CC(F)(F)F)n2)C1. The number of rotatable bonds is 5. The normalized spacial score (nSPS) is 19.3. The van der Waals surface area contributed by atoms with Crippen molar-refractivity contribution in [1.82, 2.24) is 20.1 Å². The Morgan fingerprint density at radius 1 is 1.29 bits per heavy atom. The average molecular weight is 460 g/mol. The largest absolute Gasteiger partial charge is 0.444 e. The van der Waals surface area contributed by atoms with E-state index in [1.165, 1.54) is 18.5 Å². The number of halogens is 4. The van der Waals surface area contributed by atoms with Crippen molar-refractivity contribution in [1.29, 1.82) is 0 Å². The number of carbonyl (C=O) groups is 1. The van der Waals surface area contributed by atoms with Crippen LogP contribution in [-0.4, -0.2) is 44.7 Å². The highest BCUT2D eigenvalue weighted by atomic mass is 35.5. The zero-order valence-corrected chi connectivity index (χ0v) is 18.2. The van der Waals surface area contributed by atoms with Gasteiger partial charge in [0, 0.05) is 35.7 Å². The smallest absolute Gasteiger partial charge is 0.408 e. The van der Waals surface area contributed by atoms with E-state index in [1.54, 1.807) is 26.8 Å². The molecule has 1 saturated carbocycles. The Hall–Kier alpha value is -2.49. The fourth-order valence-electron chi connectivity index (χ4n) is 3.47. The van der Waals surface area contributed by atoms with Crippen LogP contribution < -0.4 is 10.6 Å². The van der Waals surface area contributed by atoms with Crippen molar-refractivity contribution in [2.75, 3.05) is 5.32 Å². The Balaban J connectivity index is 1.67. The van der Waals surface area contributed by atoms with Crippen molar-refractivity contribution >= 4 is 23.4 Å². The van der Waals surface area contributed by atoms with Crippen molar-refractivity contribution in [3.8, 4) is 11.3 Å². The fourth-order valence-corrected chi connectivity index (χ4v) is 3.63. The number of ether oxygens (including phenoxy) is 1. The van der Waals surface area contributed by atoms with Crippen LogP contribution in [0.15, 0.2) is 24.5 Å². The number of carbonyl (C=O) groups excluding carboxylic acids is 1. The highest BCUT2D eigenvalue weighted by molar-refractivity contribution is 6.29. The molecule has 11 heteroatoms. The second-order valence-electron chi connectivity index (χ2n) is 8.56. The maximum Gasteiger partial charge on any atom is 0.408 e. The molecule has 2 heterocycles. The number of anilines is 1. The van der Waals surface area contributed by atoms with Crippen LogP contribution in [0.2, 0.25) is 5.15 Å². The summed E-state index contributed by atoms with van der Waals surface area (Å²) in [6.45, 7) is 4.24. The second kappa shape index (κ2) is 8.94. The van der Waals surface area contributed by atoms with Gasteiger partial charge < -0.3 is 15.4 Å². The molecule has 7 nitrogen and oxygen atoms in total. The summed E-state index contributed by atoms with van der Waals surface area (Å²) in [7, 11) is 0. The van der Waals surface area contributed by atoms with E-state index >= 15 is 0 Å². The van der Waals surface area contributed by atoms with Crippen LogP contribution in [0.4, 0.5) is 23.7 Å². The first-order valence-electron chi connectivity index (χ1n) is 9.90. The maximum absolute atomic E-state index is 12.6. The second-order valence-corrected chi connectivity index (χ2v) is 8.95. The lowest BCUT2D eigenvalue weighted by Gasteiger charge is -2.22. The Morgan fingerprint density at radius 2 is 2.00 bits per heavy atom. The van der Waals surface area contributed by atoms with E-state index in [0.717, 1.165) is 17.5 Å². The summed E-state index contributed by atoms with van der Waals surface area (Å²) in [5.41, 5.74) is 0.963. The molecule has 0 aliphatic heterocycles. The number of hydrogen-bond donors (Lipinski definition) is 2. The van der Waals surface area contributed by atoms with Gasteiger partial charge in [-0.3, -0.25) is 4.68 Å². The fraction of sp³-hybridized carbons (Fsp3) is 0.550. The third kappa shape index (κ3) is 7.02. The molecule has 0 radical (unpaired) electrons. The highest BCUT2D eigenvalue weighted by Crippen LogP contribution is 2.32. The maximum atomic E-state index is 12.6. The molecule has 1 fully saturated rings. The van der Waals surface area contributed by atoms with Gasteiger partial charge in [-0.15, -0.1) is 0 Å². The number of amides is 1. The van der Waals surface area contributed by atoms with Crippen LogP contribution in [0.25, 0.3) is 11.3 Å². The number of nitrogens with one attached hydrogen (secondary N) is 2. The zero-order valence-electron chi connectivity index (χ0n) is 17.5. The van der Waals surface area contributed by atoms with Gasteiger partial charge in [-0.2, -0.15) is 18.3 Å². The predicted octanol–water partition coefficient (Wildman–Crippen LogP) is 5.02. The minimum Gasteiger partial charge on any atom is -0.444 e. The number of pyridine rings is 1. The molecule has 0 aromatic carbocycles. The third-order valence-corrected chi connectivity index (χ3v) is 4.85. The third-order valence-electron chi connectivity index (χ3n) is 4.64. The highest BCUT2D eigenvalue weighted by Gasteiger charge is 2.30. The van der Waals surface area contributed by atoms with E-state index in [1.807, 2.05) is 0 Å². The first-order chi connectivity index (χ1) is 14.4. The van der Waals surface area contributed by atoms with Crippen molar-refractivity contribution in [3.05, 3.63) is 29.7 Å². The Kier molecular flexibility index (Phi) is 6.68. The van der Waals surface area contributed by atoms with Gasteiger partial charge in [0.1, 0.15) is 17.3 Å². The standard InChI is InChI=1S/C20H25ClF3N5O2/c1-19(2,3)31-18(30)27-13-5-4-12(8-13)26-16-9-17(21)25-10-14(16)15-6-7-29(28-15)11-20(22,23)24/h6-7,9-10,12-13H,4-5,8,11H2,1-3H3,(H,25,26)(H,27,30)/t12-,13-/m1/s1. The van der Waals surface area contributed by atoms with E-state index in [4.69, 9.17) is 16.3 Å². The molecule has 1 aliphatic rings. The van der Waals surface area contributed by atoms with Crippen LogP contribution in [0.3, 0.4) is 0 Å². The molecule has 0 saturated heterocycles. The Morgan fingerprint density at radius 3 is 2.68 bits per heavy atom. The molecule has 2 aromatic rings. The minimum absolute atomic E-state index is 0.0365. The van der Waals surface area contributed by atoms with Gasteiger partial charge in [0.15, 0.2) is 0 Å². The lowest BCUT2D eigenvalue weighted by Crippen LogP contribution is -2.38. The first kappa shape index (κ1) is 23.2. The Bertz CT molecular complexity index is 926. The lowest BCUT2D eigenvalue weighted by atomic mass is 10.1. The molecule has 1 aliphatic carbocycles. The molecule has 0 unspecified atom stereocenters. The quantitative estimate of drug-likeness (QED) is 0.614. The van der Waals surface area contributed by atoms with E-state index in [-0.39, 0.29) is 17.2 Å². The number of aromatic nitrogens is 3. The summed E-state index contributed by atoms with van der Waals surface area (Å²) in [6.07, 6.45) is 0.173. The predicted molar refractivity (Wildman–Crippen MR) is 111 cm³/mol. The summed E-state index contributed by atoms with van der Waals surface area (Å²) in [4.78, 5) is 16.0. The molecule has 2 aromatic heterocycles. The number of alkyl carbamates (subject to hydrolysis) is 1. The van der Waals surface area contributed by atoms with Gasteiger partial charge in [-0.1, -0.05) is 11.6 Å². The molecule has 0 spiro atoms. The number of alkyl halides is 3. The lowest BCUT2D eigenvalue weighted by molar-refractivity contribution is -0.142. The van der Waals surface area contributed by atoms with Crippen LogP contribution in [-0.2, 0) is 11.3 Å². The topological polar surface area (TPSA) is 81.1 Å². The van der Waals surface area contributed by atoms with Crippen LogP contribution in [0.5, 0.6) is 0 Å². The van der Waals surface area contributed by atoms with Crippen molar-refractivity contribution in [3.63, 3.8) is 0 Å². The molecule has 1 amide bonds. The van der Waals surface area contributed by atoms with Gasteiger partial charge >= 0.3 is 12.3 Å². The number of nitrogens with zero attached hydrogens (tertiary/aromatic N) is 3. The number of hydrogen-bond acceptors (Lipinski definition) is 5. The molecule has 170 valence electrons. The summed E-state index contributed by atoms with van der Waals surface area (Å²) >= 11 is 6.04. The van der Waals surface area contributed by atoms with E-state index in [2.05, 4.69) is 20.7 Å². The van der Waals surface area contributed by atoms with Crippen molar-refractivity contribution in [2.45, 2.75) is 70.4 Å². The molecular weight excluding hydrogens is 435 g/mol. The molecule has 2 N–H and O–H groups in total. The van der Waals surface area contributed by atoms with Gasteiger partial charge in [0.25, 0.3) is 0 Å². The van der Waals surface area contributed by atoms with Crippen molar-refractivity contribution in [2.24, 2.45) is 0 Å². The van der Waals surface area contributed by atoms with Crippen LogP contribution >= 0.6 is 11.6 Å². The van der Waals surface area contributed by atoms with E-state index in [0.29, 0.717) is 23.4 Å². The average Bonchev–Trinajstić information content (AvgIpc) is 3.21. The van der Waals surface area contributed by atoms with Gasteiger partial charge in [-0.05, 0) is 52.2 Å². The molecule has 2 atom stereocenters. The van der Waals surface area contributed by atoms with Gasteiger partial charge in [0.05, 0.1) is 5.69 Å². The van der Waals surface area contributed by atoms with Gasteiger partial charge in [-0.25, -0.2) is 9.78 Å². The van der Waals surface area contributed by atoms with Crippen LogP contribution in [0, 0.1) is 0 Å². The molecule has 31 heavy (non-hydrogen) atoms. The summed E-state index contributed by atoms with van der Waals surface area (Å²) in [5.74, 6) is 0. The first-order valence-corrected chi connectivity index (χ1v) is 10.3. The molecular formula is C20H25ClF3N5O2. The van der Waals surface area contributed by atoms with E-state index in [9.17, 15) is 18.0 Å². The molecule has 3 rings (SSSR count).